The van der Waals surface area contributed by atoms with Crippen molar-refractivity contribution < 1.29 is 14.0 Å². The summed E-state index contributed by atoms with van der Waals surface area (Å²) in [6.45, 7) is 2.40. The second-order valence-electron chi connectivity index (χ2n) is 8.24. The van der Waals surface area contributed by atoms with Crippen molar-refractivity contribution in [3.8, 4) is 0 Å². The van der Waals surface area contributed by atoms with Crippen LogP contribution in [-0.4, -0.2) is 39.7 Å². The molecule has 2 aromatic heterocycles. The maximum Gasteiger partial charge on any atom is 0.275 e. The molecule has 2 amide bonds. The van der Waals surface area contributed by atoms with E-state index in [-0.39, 0.29) is 29.4 Å². The predicted molar refractivity (Wildman–Crippen MR) is 112 cm³/mol. The van der Waals surface area contributed by atoms with Gasteiger partial charge in [-0.1, -0.05) is 43.3 Å². The Morgan fingerprint density at radius 2 is 1.97 bits per heavy atom. The highest BCUT2D eigenvalue weighted by molar-refractivity contribution is 6.02. The molecule has 1 saturated carbocycles. The molecule has 1 aliphatic carbocycles. The summed E-state index contributed by atoms with van der Waals surface area (Å²) in [6.07, 6.45) is 2.85. The first-order valence-electron chi connectivity index (χ1n) is 10.3. The number of anilines is 1. The Morgan fingerprint density at radius 1 is 1.19 bits per heavy atom. The zero-order valence-electron chi connectivity index (χ0n) is 17.2. The molecule has 2 aliphatic rings. The van der Waals surface area contributed by atoms with Crippen LogP contribution in [0.4, 0.5) is 10.2 Å². The van der Waals surface area contributed by atoms with Crippen LogP contribution in [0.25, 0.3) is 0 Å². The number of pyridine rings is 1. The minimum Gasteiger partial charge on any atom is -0.338 e. The van der Waals surface area contributed by atoms with E-state index in [0.717, 1.165) is 11.1 Å². The third-order valence-corrected chi connectivity index (χ3v) is 6.33. The number of carbonyl (C=O) groups is 2. The topological polar surface area (TPSA) is 80.1 Å². The summed E-state index contributed by atoms with van der Waals surface area (Å²) >= 11 is 0. The Morgan fingerprint density at radius 3 is 2.74 bits per heavy atom. The fourth-order valence-corrected chi connectivity index (χ4v) is 4.69. The van der Waals surface area contributed by atoms with Gasteiger partial charge < -0.3 is 5.32 Å². The summed E-state index contributed by atoms with van der Waals surface area (Å²) in [5.74, 6) is -0.759. The minimum absolute atomic E-state index is 0.0567. The number of halogens is 1. The highest BCUT2D eigenvalue weighted by atomic mass is 19.1. The maximum absolute atomic E-state index is 14.5. The lowest BCUT2D eigenvalue weighted by molar-refractivity contribution is -0.120. The van der Waals surface area contributed by atoms with Crippen molar-refractivity contribution >= 4 is 17.6 Å². The van der Waals surface area contributed by atoms with E-state index < -0.39 is 17.8 Å². The van der Waals surface area contributed by atoms with Gasteiger partial charge in [-0.3, -0.25) is 19.2 Å². The maximum atomic E-state index is 14.5. The fraction of sp³-hybridized carbons (Fsp3) is 0.304. The number of amides is 2. The lowest BCUT2D eigenvalue weighted by Gasteiger charge is -2.23. The molecule has 31 heavy (non-hydrogen) atoms. The number of hydrogen-bond acceptors (Lipinski definition) is 4. The zero-order chi connectivity index (χ0) is 21.7. The molecule has 4 atom stereocenters. The second-order valence-corrected chi connectivity index (χ2v) is 8.24. The van der Waals surface area contributed by atoms with Crippen LogP contribution in [0.15, 0.2) is 54.9 Å². The quantitative estimate of drug-likeness (QED) is 0.705. The summed E-state index contributed by atoms with van der Waals surface area (Å²) in [7, 11) is 1.65. The van der Waals surface area contributed by atoms with Gasteiger partial charge in [0.15, 0.2) is 11.5 Å². The van der Waals surface area contributed by atoms with Gasteiger partial charge in [0.1, 0.15) is 11.9 Å². The van der Waals surface area contributed by atoms with E-state index in [1.54, 1.807) is 13.2 Å². The van der Waals surface area contributed by atoms with E-state index >= 15 is 0 Å². The fourth-order valence-electron chi connectivity index (χ4n) is 4.69. The normalized spacial score (nSPS) is 24.2. The molecule has 8 heteroatoms. The van der Waals surface area contributed by atoms with Crippen LogP contribution >= 0.6 is 0 Å². The summed E-state index contributed by atoms with van der Waals surface area (Å²) < 4.78 is 15.9. The van der Waals surface area contributed by atoms with E-state index in [9.17, 15) is 14.0 Å². The van der Waals surface area contributed by atoms with Gasteiger partial charge in [0.25, 0.3) is 11.8 Å². The lowest BCUT2D eigenvalue weighted by Crippen LogP contribution is -2.49. The molecule has 1 fully saturated rings. The largest absolute Gasteiger partial charge is 0.338 e. The molecule has 5 rings (SSSR count). The van der Waals surface area contributed by atoms with E-state index in [1.165, 1.54) is 15.8 Å². The SMILES string of the molecule is CC1C2c3cccnc3N(C)C(=O)[C@@H](NC(=O)c3nn(Cc4ccccc4)cc3F)C12. The molecule has 1 N–H and O–H groups in total. The van der Waals surface area contributed by atoms with E-state index in [1.807, 2.05) is 42.5 Å². The highest BCUT2D eigenvalue weighted by Crippen LogP contribution is 2.58. The molecule has 7 nitrogen and oxygen atoms in total. The van der Waals surface area contributed by atoms with E-state index in [4.69, 9.17) is 0 Å². The first-order valence-corrected chi connectivity index (χ1v) is 10.3. The second kappa shape index (κ2) is 7.30. The average Bonchev–Trinajstić information content (AvgIpc) is 3.31. The van der Waals surface area contributed by atoms with Crippen LogP contribution in [-0.2, 0) is 11.3 Å². The van der Waals surface area contributed by atoms with Gasteiger partial charge >= 0.3 is 0 Å². The van der Waals surface area contributed by atoms with Crippen molar-refractivity contribution in [3.63, 3.8) is 0 Å². The van der Waals surface area contributed by atoms with Crippen molar-refractivity contribution in [3.05, 3.63) is 77.5 Å². The first-order chi connectivity index (χ1) is 15.0. The van der Waals surface area contributed by atoms with Crippen LogP contribution in [0.3, 0.4) is 0 Å². The van der Waals surface area contributed by atoms with Crippen LogP contribution in [0.2, 0.25) is 0 Å². The van der Waals surface area contributed by atoms with Gasteiger partial charge in [-0.05, 0) is 34.9 Å². The predicted octanol–water partition coefficient (Wildman–Crippen LogP) is 2.59. The number of nitrogens with one attached hydrogen (secondary N) is 1. The third kappa shape index (κ3) is 3.28. The standard InChI is InChI=1S/C23H22FN5O2/c1-13-17-15-9-6-10-25-21(15)28(2)23(31)20(18(13)17)26-22(30)19-16(24)12-29(27-19)11-14-7-4-3-5-8-14/h3-10,12-13,17-18,20H,11H2,1-2H3,(H,26,30)/t13?,17?,18?,20-/m0/s1. The van der Waals surface area contributed by atoms with E-state index in [2.05, 4.69) is 22.3 Å². The summed E-state index contributed by atoms with van der Waals surface area (Å²) in [5, 5.41) is 6.88. The Bertz CT molecular complexity index is 1160. The summed E-state index contributed by atoms with van der Waals surface area (Å²) in [6, 6.07) is 12.5. The number of likely N-dealkylation sites (N-methyl/N-ethyl adjacent to an activating group) is 1. The van der Waals surface area contributed by atoms with Gasteiger partial charge in [0, 0.05) is 13.2 Å². The van der Waals surface area contributed by atoms with Gasteiger partial charge in [-0.2, -0.15) is 5.10 Å². The first kappa shape index (κ1) is 19.4. The molecule has 0 bridgehead atoms. The molecular formula is C23H22FN5O2. The summed E-state index contributed by atoms with van der Waals surface area (Å²) in [5.41, 5.74) is 1.64. The van der Waals surface area contributed by atoms with Gasteiger partial charge in [0.05, 0.1) is 12.7 Å². The smallest absolute Gasteiger partial charge is 0.275 e. The number of rotatable bonds is 4. The van der Waals surface area contributed by atoms with Crippen molar-refractivity contribution in [1.82, 2.24) is 20.1 Å². The number of benzene rings is 1. The Balaban J connectivity index is 1.38. The minimum atomic E-state index is -0.759. The highest BCUT2D eigenvalue weighted by Gasteiger charge is 2.58. The molecule has 0 radical (unpaired) electrons. The molecule has 1 aliphatic heterocycles. The number of nitrogens with zero attached hydrogens (tertiary/aromatic N) is 4. The van der Waals surface area contributed by atoms with Gasteiger partial charge in [-0.15, -0.1) is 0 Å². The molecular weight excluding hydrogens is 397 g/mol. The molecule has 3 unspecified atom stereocenters. The number of fused-ring (bicyclic) bond motifs is 3. The van der Waals surface area contributed by atoms with Gasteiger partial charge in [0.2, 0.25) is 0 Å². The zero-order valence-corrected chi connectivity index (χ0v) is 17.2. The lowest BCUT2D eigenvalue weighted by atomic mass is 10.1. The van der Waals surface area contributed by atoms with Crippen molar-refractivity contribution in [2.24, 2.45) is 11.8 Å². The van der Waals surface area contributed by atoms with Gasteiger partial charge in [-0.25, -0.2) is 9.37 Å². The van der Waals surface area contributed by atoms with E-state index in [0.29, 0.717) is 12.4 Å². The van der Waals surface area contributed by atoms with Crippen molar-refractivity contribution in [2.75, 3.05) is 11.9 Å². The Hall–Kier alpha value is -3.55. The number of aromatic nitrogens is 3. The Labute approximate surface area is 178 Å². The number of hydrogen-bond donors (Lipinski definition) is 1. The molecule has 0 saturated heterocycles. The monoisotopic (exact) mass is 419 g/mol. The van der Waals surface area contributed by atoms with Crippen LogP contribution in [0.1, 0.15) is 34.5 Å². The average molecular weight is 419 g/mol. The third-order valence-electron chi connectivity index (χ3n) is 6.33. The molecule has 3 heterocycles. The summed E-state index contributed by atoms with van der Waals surface area (Å²) in [4.78, 5) is 31.9. The molecule has 0 spiro atoms. The Kier molecular flexibility index (Phi) is 4.57. The molecule has 1 aromatic carbocycles. The van der Waals surface area contributed by atoms with Crippen LogP contribution in [0, 0.1) is 17.7 Å². The molecule has 158 valence electrons. The molecule has 3 aromatic rings. The van der Waals surface area contributed by atoms with Crippen molar-refractivity contribution in [1.29, 1.82) is 0 Å². The van der Waals surface area contributed by atoms with Crippen molar-refractivity contribution in [2.45, 2.75) is 25.4 Å². The van der Waals surface area contributed by atoms with Crippen LogP contribution < -0.4 is 10.2 Å². The van der Waals surface area contributed by atoms with Crippen LogP contribution in [0.5, 0.6) is 0 Å². The number of carbonyl (C=O) groups excluding carboxylic acids is 2.